The van der Waals surface area contributed by atoms with E-state index in [4.69, 9.17) is 4.52 Å². The highest BCUT2D eigenvalue weighted by Crippen LogP contribution is 2.21. The molecule has 0 fully saturated rings. The molecule has 0 aliphatic carbocycles. The van der Waals surface area contributed by atoms with Crippen LogP contribution in [0.2, 0.25) is 0 Å². The standard InChI is InChI=1S/C16H14N2O2/c1-11-4-2-3-5-14(11)16-17-15(20-18-16)10-12-6-8-13(19)9-7-12/h2-9,19H,10H2,1H3. The molecule has 0 bridgehead atoms. The van der Waals surface area contributed by atoms with E-state index in [9.17, 15) is 5.11 Å². The third kappa shape index (κ3) is 2.54. The molecule has 0 spiro atoms. The SMILES string of the molecule is Cc1ccccc1-c1noc(Cc2ccc(O)cc2)n1. The van der Waals surface area contributed by atoms with Crippen LogP contribution in [0.1, 0.15) is 17.0 Å². The first-order valence-corrected chi connectivity index (χ1v) is 6.39. The molecule has 4 heteroatoms. The smallest absolute Gasteiger partial charge is 0.231 e. The van der Waals surface area contributed by atoms with Crippen molar-refractivity contribution in [3.63, 3.8) is 0 Å². The Hall–Kier alpha value is -2.62. The Morgan fingerprint density at radius 2 is 1.80 bits per heavy atom. The maximum absolute atomic E-state index is 9.25. The summed E-state index contributed by atoms with van der Waals surface area (Å²) in [6.07, 6.45) is 0.555. The Kier molecular flexibility index (Phi) is 3.21. The van der Waals surface area contributed by atoms with E-state index in [1.54, 1.807) is 12.1 Å². The lowest BCUT2D eigenvalue weighted by Gasteiger charge is -1.98. The summed E-state index contributed by atoms with van der Waals surface area (Å²) in [5, 5.41) is 13.3. The van der Waals surface area contributed by atoms with E-state index in [1.165, 1.54) is 0 Å². The van der Waals surface area contributed by atoms with Gasteiger partial charge in [-0.05, 0) is 30.2 Å². The van der Waals surface area contributed by atoms with Crippen LogP contribution in [0.5, 0.6) is 5.75 Å². The summed E-state index contributed by atoms with van der Waals surface area (Å²) in [5.41, 5.74) is 3.11. The molecule has 2 aromatic carbocycles. The van der Waals surface area contributed by atoms with Crippen LogP contribution in [-0.2, 0) is 6.42 Å². The average Bonchev–Trinajstić information content (AvgIpc) is 2.90. The first-order chi connectivity index (χ1) is 9.72. The molecule has 1 heterocycles. The molecule has 0 saturated heterocycles. The van der Waals surface area contributed by atoms with Gasteiger partial charge in [0, 0.05) is 5.56 Å². The molecule has 4 nitrogen and oxygen atoms in total. The van der Waals surface area contributed by atoms with Crippen LogP contribution < -0.4 is 0 Å². The van der Waals surface area contributed by atoms with Crippen molar-refractivity contribution in [2.45, 2.75) is 13.3 Å². The van der Waals surface area contributed by atoms with Gasteiger partial charge in [0.1, 0.15) is 5.75 Å². The number of nitrogens with zero attached hydrogens (tertiary/aromatic N) is 2. The number of rotatable bonds is 3. The predicted molar refractivity (Wildman–Crippen MR) is 75.4 cm³/mol. The fraction of sp³-hybridized carbons (Fsp3) is 0.125. The van der Waals surface area contributed by atoms with Crippen molar-refractivity contribution in [1.82, 2.24) is 10.1 Å². The molecule has 0 aliphatic heterocycles. The number of benzene rings is 2. The summed E-state index contributed by atoms with van der Waals surface area (Å²) < 4.78 is 5.28. The van der Waals surface area contributed by atoms with Crippen molar-refractivity contribution in [1.29, 1.82) is 0 Å². The summed E-state index contributed by atoms with van der Waals surface area (Å²) in [5.74, 6) is 1.42. The van der Waals surface area contributed by atoms with Crippen LogP contribution >= 0.6 is 0 Å². The Bertz CT molecular complexity index is 717. The molecule has 0 radical (unpaired) electrons. The number of hydrogen-bond donors (Lipinski definition) is 1. The van der Waals surface area contributed by atoms with E-state index >= 15 is 0 Å². The normalized spacial score (nSPS) is 10.7. The van der Waals surface area contributed by atoms with Crippen LogP contribution in [0.4, 0.5) is 0 Å². The fourth-order valence-electron chi connectivity index (χ4n) is 2.05. The Morgan fingerprint density at radius 3 is 2.55 bits per heavy atom. The number of aromatic hydroxyl groups is 1. The largest absolute Gasteiger partial charge is 0.508 e. The highest BCUT2D eigenvalue weighted by molar-refractivity contribution is 5.59. The van der Waals surface area contributed by atoms with Crippen molar-refractivity contribution in [2.24, 2.45) is 0 Å². The van der Waals surface area contributed by atoms with Crippen LogP contribution in [0.25, 0.3) is 11.4 Å². The topological polar surface area (TPSA) is 59.2 Å². The quantitative estimate of drug-likeness (QED) is 0.789. The maximum atomic E-state index is 9.25. The molecule has 0 aliphatic rings. The number of aryl methyl sites for hydroxylation is 1. The minimum absolute atomic E-state index is 0.250. The van der Waals surface area contributed by atoms with Crippen LogP contribution in [0, 0.1) is 6.92 Å². The zero-order valence-electron chi connectivity index (χ0n) is 11.1. The zero-order valence-corrected chi connectivity index (χ0v) is 11.1. The van der Waals surface area contributed by atoms with Gasteiger partial charge < -0.3 is 9.63 Å². The molecule has 1 aromatic heterocycles. The van der Waals surface area contributed by atoms with Crippen molar-refractivity contribution in [2.75, 3.05) is 0 Å². The maximum Gasteiger partial charge on any atom is 0.231 e. The van der Waals surface area contributed by atoms with Crippen molar-refractivity contribution >= 4 is 0 Å². The van der Waals surface area contributed by atoms with E-state index in [0.717, 1.165) is 16.7 Å². The van der Waals surface area contributed by atoms with E-state index in [2.05, 4.69) is 10.1 Å². The van der Waals surface area contributed by atoms with Gasteiger partial charge in [0.25, 0.3) is 0 Å². The number of aromatic nitrogens is 2. The Morgan fingerprint density at radius 1 is 1.05 bits per heavy atom. The summed E-state index contributed by atoms with van der Waals surface area (Å²) in [7, 11) is 0. The molecular formula is C16H14N2O2. The average molecular weight is 266 g/mol. The lowest BCUT2D eigenvalue weighted by Crippen LogP contribution is -1.89. The van der Waals surface area contributed by atoms with Crippen molar-refractivity contribution in [3.8, 4) is 17.1 Å². The van der Waals surface area contributed by atoms with Crippen LogP contribution in [0.15, 0.2) is 53.1 Å². The summed E-state index contributed by atoms with van der Waals surface area (Å²) in [6, 6.07) is 14.9. The second-order valence-electron chi connectivity index (χ2n) is 4.67. The first kappa shape index (κ1) is 12.4. The molecule has 0 unspecified atom stereocenters. The van der Waals surface area contributed by atoms with E-state index in [1.807, 2.05) is 43.3 Å². The van der Waals surface area contributed by atoms with Gasteiger partial charge in [0.05, 0.1) is 6.42 Å². The van der Waals surface area contributed by atoms with Gasteiger partial charge in [-0.15, -0.1) is 0 Å². The molecule has 0 atom stereocenters. The molecule has 20 heavy (non-hydrogen) atoms. The van der Waals surface area contributed by atoms with Gasteiger partial charge in [-0.1, -0.05) is 41.6 Å². The summed E-state index contributed by atoms with van der Waals surface area (Å²) in [4.78, 5) is 4.42. The molecule has 0 amide bonds. The van der Waals surface area contributed by atoms with Crippen LogP contribution in [-0.4, -0.2) is 15.2 Å². The monoisotopic (exact) mass is 266 g/mol. The molecule has 1 N–H and O–H groups in total. The minimum Gasteiger partial charge on any atom is -0.508 e. The van der Waals surface area contributed by atoms with Gasteiger partial charge in [0.2, 0.25) is 11.7 Å². The highest BCUT2D eigenvalue weighted by atomic mass is 16.5. The highest BCUT2D eigenvalue weighted by Gasteiger charge is 2.10. The Labute approximate surface area is 116 Å². The third-order valence-corrected chi connectivity index (χ3v) is 3.15. The minimum atomic E-state index is 0.250. The number of hydrogen-bond acceptors (Lipinski definition) is 4. The third-order valence-electron chi connectivity index (χ3n) is 3.15. The van der Waals surface area contributed by atoms with Crippen molar-refractivity contribution < 1.29 is 9.63 Å². The van der Waals surface area contributed by atoms with Crippen molar-refractivity contribution in [3.05, 3.63) is 65.5 Å². The lowest BCUT2D eigenvalue weighted by atomic mass is 10.1. The number of phenolic OH excluding ortho intramolecular Hbond substituents is 1. The molecule has 3 aromatic rings. The Balaban J connectivity index is 1.84. The predicted octanol–water partition coefficient (Wildman–Crippen LogP) is 3.34. The zero-order chi connectivity index (χ0) is 13.9. The summed E-state index contributed by atoms with van der Waals surface area (Å²) >= 11 is 0. The van der Waals surface area contributed by atoms with Gasteiger partial charge in [0.15, 0.2) is 0 Å². The van der Waals surface area contributed by atoms with Gasteiger partial charge >= 0.3 is 0 Å². The van der Waals surface area contributed by atoms with Crippen LogP contribution in [0.3, 0.4) is 0 Å². The molecule has 3 rings (SSSR count). The van der Waals surface area contributed by atoms with E-state index in [0.29, 0.717) is 18.1 Å². The van der Waals surface area contributed by atoms with E-state index in [-0.39, 0.29) is 5.75 Å². The lowest BCUT2D eigenvalue weighted by molar-refractivity contribution is 0.385. The fourth-order valence-corrected chi connectivity index (χ4v) is 2.05. The molecular weight excluding hydrogens is 252 g/mol. The van der Waals surface area contributed by atoms with Gasteiger partial charge in [-0.25, -0.2) is 0 Å². The molecule has 100 valence electrons. The number of phenols is 1. The van der Waals surface area contributed by atoms with E-state index < -0.39 is 0 Å². The first-order valence-electron chi connectivity index (χ1n) is 6.39. The van der Waals surface area contributed by atoms with Gasteiger partial charge in [-0.2, -0.15) is 4.98 Å². The second-order valence-corrected chi connectivity index (χ2v) is 4.67. The molecule has 0 saturated carbocycles. The summed E-state index contributed by atoms with van der Waals surface area (Å²) in [6.45, 7) is 2.02. The van der Waals surface area contributed by atoms with Gasteiger partial charge in [-0.3, -0.25) is 0 Å². The second kappa shape index (κ2) is 5.17.